The Morgan fingerprint density at radius 1 is 1.42 bits per heavy atom. The highest BCUT2D eigenvalue weighted by Crippen LogP contribution is 2.27. The summed E-state index contributed by atoms with van der Waals surface area (Å²) in [6, 6.07) is 3.94. The number of benzene rings is 1. The number of sulfonamides is 1. The van der Waals surface area contributed by atoms with Crippen molar-refractivity contribution in [3.8, 4) is 0 Å². The zero-order valence-corrected chi connectivity index (χ0v) is 10.7. The average molecular weight is 285 g/mol. The monoisotopic (exact) mass is 285 g/mol. The van der Waals surface area contributed by atoms with Gasteiger partial charge in [-0.1, -0.05) is 6.07 Å². The highest BCUT2D eigenvalue weighted by molar-refractivity contribution is 7.93. The molecule has 0 radical (unpaired) electrons. The van der Waals surface area contributed by atoms with Crippen molar-refractivity contribution in [3.63, 3.8) is 0 Å². The number of hydrogen-bond acceptors (Lipinski definition) is 3. The van der Waals surface area contributed by atoms with Crippen molar-refractivity contribution in [3.05, 3.63) is 35.7 Å². The van der Waals surface area contributed by atoms with Gasteiger partial charge in [-0.2, -0.15) is 0 Å². The second kappa shape index (κ2) is 5.00. The molecule has 0 unspecified atom stereocenters. The van der Waals surface area contributed by atoms with Crippen molar-refractivity contribution in [1.29, 1.82) is 0 Å². The minimum atomic E-state index is -3.42. The van der Waals surface area contributed by atoms with Crippen LogP contribution >= 0.6 is 0 Å². The van der Waals surface area contributed by atoms with E-state index in [0.717, 1.165) is 16.4 Å². The van der Waals surface area contributed by atoms with Gasteiger partial charge in [0, 0.05) is 12.6 Å². The molecule has 1 heterocycles. The predicted molar refractivity (Wildman–Crippen MR) is 68.8 cm³/mol. The van der Waals surface area contributed by atoms with Crippen LogP contribution in [0.15, 0.2) is 24.3 Å². The van der Waals surface area contributed by atoms with Gasteiger partial charge in [0.25, 0.3) is 0 Å². The number of anilines is 1. The Morgan fingerprint density at radius 2 is 2.16 bits per heavy atom. The van der Waals surface area contributed by atoms with E-state index in [1.54, 1.807) is 0 Å². The van der Waals surface area contributed by atoms with Gasteiger partial charge < -0.3 is 5.11 Å². The van der Waals surface area contributed by atoms with Crippen LogP contribution in [0.2, 0.25) is 0 Å². The van der Waals surface area contributed by atoms with Gasteiger partial charge in [0.1, 0.15) is 5.82 Å². The molecule has 0 amide bonds. The first-order chi connectivity index (χ1) is 8.90. The van der Waals surface area contributed by atoms with Gasteiger partial charge in [-0.25, -0.2) is 17.6 Å². The second-order valence-corrected chi connectivity index (χ2v) is 6.14. The zero-order chi connectivity index (χ0) is 14.0. The van der Waals surface area contributed by atoms with E-state index < -0.39 is 21.8 Å². The van der Waals surface area contributed by atoms with Crippen molar-refractivity contribution in [2.75, 3.05) is 16.6 Å². The smallest absolute Gasteiger partial charge is 0.328 e. The van der Waals surface area contributed by atoms with Crippen LogP contribution in [-0.2, 0) is 14.8 Å². The molecule has 1 N–H and O–H groups in total. The number of rotatable bonds is 3. The first-order valence-electron chi connectivity index (χ1n) is 5.61. The van der Waals surface area contributed by atoms with Crippen molar-refractivity contribution < 1.29 is 22.7 Å². The molecule has 1 fully saturated rings. The van der Waals surface area contributed by atoms with Gasteiger partial charge in [-0.15, -0.1) is 0 Å². The van der Waals surface area contributed by atoms with Crippen LogP contribution in [-0.4, -0.2) is 31.8 Å². The molecule has 0 atom stereocenters. The summed E-state index contributed by atoms with van der Waals surface area (Å²) in [5.41, 5.74) is 0.366. The fourth-order valence-electron chi connectivity index (χ4n) is 1.91. The van der Waals surface area contributed by atoms with E-state index in [4.69, 9.17) is 5.11 Å². The largest absolute Gasteiger partial charge is 0.478 e. The molecule has 0 aromatic heterocycles. The molecule has 102 valence electrons. The number of carboxylic acid groups (broad SMARTS) is 1. The molecule has 0 spiro atoms. The Labute approximate surface area is 110 Å². The molecule has 1 aliphatic heterocycles. The molecule has 0 aliphatic carbocycles. The maximum absolute atomic E-state index is 13.9. The Morgan fingerprint density at radius 3 is 2.68 bits per heavy atom. The third kappa shape index (κ3) is 2.93. The SMILES string of the molecule is O=C(O)C=Cc1ccc(N2CCCS2(=O)=O)c(F)c1. The summed E-state index contributed by atoms with van der Waals surface area (Å²) >= 11 is 0. The summed E-state index contributed by atoms with van der Waals surface area (Å²) in [5, 5.41) is 8.47. The molecule has 1 aromatic rings. The molecule has 19 heavy (non-hydrogen) atoms. The van der Waals surface area contributed by atoms with E-state index >= 15 is 0 Å². The van der Waals surface area contributed by atoms with E-state index in [-0.39, 0.29) is 18.0 Å². The maximum atomic E-state index is 13.9. The average Bonchev–Trinajstić information content (AvgIpc) is 2.66. The summed E-state index contributed by atoms with van der Waals surface area (Å²) in [4.78, 5) is 10.4. The minimum Gasteiger partial charge on any atom is -0.478 e. The van der Waals surface area contributed by atoms with Gasteiger partial charge in [0.05, 0.1) is 11.4 Å². The lowest BCUT2D eigenvalue weighted by molar-refractivity contribution is -0.131. The Hall–Kier alpha value is -1.89. The van der Waals surface area contributed by atoms with E-state index in [9.17, 15) is 17.6 Å². The molecule has 0 bridgehead atoms. The van der Waals surface area contributed by atoms with Gasteiger partial charge in [-0.3, -0.25) is 4.31 Å². The first kappa shape index (κ1) is 13.5. The minimum absolute atomic E-state index is 0.00461. The third-order valence-corrected chi connectivity index (χ3v) is 4.61. The number of carbonyl (C=O) groups is 1. The van der Waals surface area contributed by atoms with Crippen LogP contribution in [0.25, 0.3) is 6.08 Å². The van der Waals surface area contributed by atoms with Crippen LogP contribution in [0, 0.1) is 5.82 Å². The molecule has 1 aliphatic rings. The molecule has 1 aromatic carbocycles. The van der Waals surface area contributed by atoms with Crippen LogP contribution < -0.4 is 4.31 Å². The quantitative estimate of drug-likeness (QED) is 0.853. The van der Waals surface area contributed by atoms with Crippen molar-refractivity contribution in [2.24, 2.45) is 0 Å². The van der Waals surface area contributed by atoms with E-state index in [2.05, 4.69) is 0 Å². The lowest BCUT2D eigenvalue weighted by Gasteiger charge is -2.17. The fourth-order valence-corrected chi connectivity index (χ4v) is 3.48. The molecule has 2 rings (SSSR count). The number of nitrogens with zero attached hydrogens (tertiary/aromatic N) is 1. The number of carboxylic acids is 1. The maximum Gasteiger partial charge on any atom is 0.328 e. The zero-order valence-electron chi connectivity index (χ0n) is 9.91. The van der Waals surface area contributed by atoms with Gasteiger partial charge >= 0.3 is 5.97 Å². The number of halogens is 1. The highest BCUT2D eigenvalue weighted by Gasteiger charge is 2.30. The summed E-state index contributed by atoms with van der Waals surface area (Å²) in [7, 11) is -3.42. The van der Waals surface area contributed by atoms with E-state index in [1.165, 1.54) is 18.2 Å². The fraction of sp³-hybridized carbons (Fsp3) is 0.250. The molecular formula is C12H12FNO4S. The first-order valence-corrected chi connectivity index (χ1v) is 7.22. The normalized spacial score (nSPS) is 18.1. The Balaban J connectivity index is 2.32. The van der Waals surface area contributed by atoms with Crippen LogP contribution in [0.4, 0.5) is 10.1 Å². The molecule has 7 heteroatoms. The highest BCUT2D eigenvalue weighted by atomic mass is 32.2. The van der Waals surface area contributed by atoms with E-state index in [0.29, 0.717) is 12.0 Å². The Kier molecular flexibility index (Phi) is 3.57. The standard InChI is InChI=1S/C12H12FNO4S/c13-10-8-9(3-5-12(15)16)2-4-11(10)14-6-1-7-19(14,17)18/h2-5,8H,1,6-7H2,(H,15,16). The van der Waals surface area contributed by atoms with Crippen molar-refractivity contribution >= 4 is 27.8 Å². The molecule has 1 saturated heterocycles. The summed E-state index contributed by atoms with van der Waals surface area (Å²) in [6.07, 6.45) is 2.61. The Bertz CT molecular complexity index is 639. The van der Waals surface area contributed by atoms with Crippen LogP contribution in [0.1, 0.15) is 12.0 Å². The third-order valence-electron chi connectivity index (χ3n) is 2.76. The molecule has 5 nitrogen and oxygen atoms in total. The van der Waals surface area contributed by atoms with Crippen molar-refractivity contribution in [1.82, 2.24) is 0 Å². The van der Waals surface area contributed by atoms with Crippen LogP contribution in [0.5, 0.6) is 0 Å². The summed E-state index contributed by atoms with van der Waals surface area (Å²) in [5.74, 6) is -1.79. The number of aliphatic carboxylic acids is 1. The van der Waals surface area contributed by atoms with Gasteiger partial charge in [0.2, 0.25) is 10.0 Å². The second-order valence-electron chi connectivity index (χ2n) is 4.12. The van der Waals surface area contributed by atoms with Crippen LogP contribution in [0.3, 0.4) is 0 Å². The van der Waals surface area contributed by atoms with E-state index in [1.807, 2.05) is 0 Å². The summed E-state index contributed by atoms with van der Waals surface area (Å²) < 4.78 is 38.3. The van der Waals surface area contributed by atoms with Crippen molar-refractivity contribution in [2.45, 2.75) is 6.42 Å². The molecular weight excluding hydrogens is 273 g/mol. The lowest BCUT2D eigenvalue weighted by Crippen LogP contribution is -2.26. The topological polar surface area (TPSA) is 74.7 Å². The van der Waals surface area contributed by atoms with Gasteiger partial charge in [0.15, 0.2) is 0 Å². The molecule has 0 saturated carbocycles. The van der Waals surface area contributed by atoms with Gasteiger partial charge in [-0.05, 0) is 30.2 Å². The number of hydrogen-bond donors (Lipinski definition) is 1. The predicted octanol–water partition coefficient (Wildman–Crippen LogP) is 1.46. The summed E-state index contributed by atoms with van der Waals surface area (Å²) in [6.45, 7) is 0.267. The lowest BCUT2D eigenvalue weighted by atomic mass is 10.2.